The Morgan fingerprint density at radius 1 is 0.558 bits per heavy atom. The molecule has 0 saturated carbocycles. The third-order valence-corrected chi connectivity index (χ3v) is 7.94. The van der Waals surface area contributed by atoms with Crippen LogP contribution in [0.25, 0.3) is 61.1 Å². The molecule has 5 nitrogen and oxygen atoms in total. The SMILES string of the molecule is Cc1cccc(-c2ccc3c4ccc(-c5cccc(C)c5)cc4n(-c4cc(C#N)ccc4-c4nc(C)nc(C)n4)c3c2)c1. The molecule has 0 aliphatic carbocycles. The van der Waals surface area contributed by atoms with Gasteiger partial charge in [-0.15, -0.1) is 0 Å². The van der Waals surface area contributed by atoms with E-state index in [0.29, 0.717) is 23.0 Å². The van der Waals surface area contributed by atoms with E-state index in [0.717, 1.165) is 55.3 Å². The molecule has 5 aromatic carbocycles. The molecule has 0 atom stereocenters. The van der Waals surface area contributed by atoms with Crippen LogP contribution >= 0.6 is 0 Å². The smallest absolute Gasteiger partial charge is 0.165 e. The van der Waals surface area contributed by atoms with E-state index in [9.17, 15) is 5.26 Å². The first kappa shape index (κ1) is 26.3. The summed E-state index contributed by atoms with van der Waals surface area (Å²) in [5, 5.41) is 12.2. The maximum absolute atomic E-state index is 9.97. The van der Waals surface area contributed by atoms with Crippen LogP contribution in [-0.4, -0.2) is 19.5 Å². The molecular weight excluding hydrogens is 526 g/mol. The van der Waals surface area contributed by atoms with E-state index in [1.54, 1.807) is 0 Å². The fourth-order valence-electron chi connectivity index (χ4n) is 6.00. The summed E-state index contributed by atoms with van der Waals surface area (Å²) < 4.78 is 2.27. The molecule has 0 unspecified atom stereocenters. The molecule has 0 radical (unpaired) electrons. The van der Waals surface area contributed by atoms with Gasteiger partial charge in [-0.2, -0.15) is 5.26 Å². The molecule has 5 heteroatoms. The topological polar surface area (TPSA) is 67.4 Å². The number of hydrogen-bond donors (Lipinski definition) is 0. The molecule has 2 heterocycles. The largest absolute Gasteiger partial charge is 0.308 e. The number of fused-ring (bicyclic) bond motifs is 3. The van der Waals surface area contributed by atoms with Crippen molar-refractivity contribution >= 4 is 21.8 Å². The van der Waals surface area contributed by atoms with Crippen molar-refractivity contribution in [1.29, 1.82) is 5.26 Å². The summed E-state index contributed by atoms with van der Waals surface area (Å²) in [6, 6.07) is 38.5. The Bertz CT molecular complexity index is 2130. The van der Waals surface area contributed by atoms with Crippen molar-refractivity contribution in [3.05, 3.63) is 131 Å². The number of nitriles is 1. The maximum Gasteiger partial charge on any atom is 0.165 e. The van der Waals surface area contributed by atoms with Crippen molar-refractivity contribution in [3.8, 4) is 45.4 Å². The summed E-state index contributed by atoms with van der Waals surface area (Å²) in [7, 11) is 0. The highest BCUT2D eigenvalue weighted by molar-refractivity contribution is 6.11. The predicted molar refractivity (Wildman–Crippen MR) is 174 cm³/mol. The molecule has 43 heavy (non-hydrogen) atoms. The first-order valence-electron chi connectivity index (χ1n) is 14.3. The molecule has 0 aliphatic heterocycles. The molecule has 0 amide bonds. The van der Waals surface area contributed by atoms with Crippen molar-refractivity contribution in [3.63, 3.8) is 0 Å². The van der Waals surface area contributed by atoms with Gasteiger partial charge < -0.3 is 4.57 Å². The lowest BCUT2D eigenvalue weighted by Gasteiger charge is -2.15. The second kappa shape index (κ2) is 10.3. The lowest BCUT2D eigenvalue weighted by Crippen LogP contribution is -2.04. The van der Waals surface area contributed by atoms with E-state index in [2.05, 4.69) is 114 Å². The average molecular weight is 556 g/mol. The first-order valence-corrected chi connectivity index (χ1v) is 14.3. The molecule has 0 bridgehead atoms. The first-order chi connectivity index (χ1) is 20.9. The summed E-state index contributed by atoms with van der Waals surface area (Å²) in [6.45, 7) is 7.99. The zero-order valence-electron chi connectivity index (χ0n) is 24.6. The van der Waals surface area contributed by atoms with Crippen molar-refractivity contribution in [2.45, 2.75) is 27.7 Å². The number of aromatic nitrogens is 4. The van der Waals surface area contributed by atoms with E-state index in [-0.39, 0.29) is 0 Å². The Morgan fingerprint density at radius 2 is 1.09 bits per heavy atom. The van der Waals surface area contributed by atoms with Gasteiger partial charge >= 0.3 is 0 Å². The van der Waals surface area contributed by atoms with Gasteiger partial charge in [-0.25, -0.2) is 15.0 Å². The lowest BCUT2D eigenvalue weighted by atomic mass is 10.0. The summed E-state index contributed by atoms with van der Waals surface area (Å²) in [6.07, 6.45) is 0. The number of rotatable bonds is 4. The van der Waals surface area contributed by atoms with Crippen LogP contribution in [0.15, 0.2) is 103 Å². The Kier molecular flexibility index (Phi) is 6.33. The molecule has 7 rings (SSSR count). The van der Waals surface area contributed by atoms with Gasteiger partial charge in [0, 0.05) is 16.3 Å². The van der Waals surface area contributed by atoms with Crippen molar-refractivity contribution in [1.82, 2.24) is 19.5 Å². The molecular formula is C38H29N5. The standard InChI is InChI=1S/C38H29N5/c1-23-7-5-9-28(17-23)30-12-15-32-33-16-13-31(29-10-6-8-24(2)18-29)21-37(33)43(36(32)20-30)35-19-27(22-39)11-14-34(35)38-41-25(3)40-26(4)42-38/h5-21H,1-4H3. The van der Waals surface area contributed by atoms with Crippen LogP contribution in [0, 0.1) is 39.0 Å². The van der Waals surface area contributed by atoms with Crippen molar-refractivity contribution < 1.29 is 0 Å². The van der Waals surface area contributed by atoms with Gasteiger partial charge in [0.15, 0.2) is 5.82 Å². The molecule has 2 aromatic heterocycles. The molecule has 0 aliphatic rings. The number of aryl methyl sites for hydroxylation is 4. The fraction of sp³-hybridized carbons (Fsp3) is 0.105. The minimum atomic E-state index is 0.570. The van der Waals surface area contributed by atoms with Crippen LogP contribution < -0.4 is 0 Å². The quantitative estimate of drug-likeness (QED) is 0.217. The van der Waals surface area contributed by atoms with Gasteiger partial charge in [-0.3, -0.25) is 0 Å². The molecule has 7 aromatic rings. The van der Waals surface area contributed by atoms with Gasteiger partial charge in [0.25, 0.3) is 0 Å². The maximum atomic E-state index is 9.97. The molecule has 0 saturated heterocycles. The fourth-order valence-corrected chi connectivity index (χ4v) is 6.00. The van der Waals surface area contributed by atoms with Crippen LogP contribution in [0.4, 0.5) is 0 Å². The Hall–Kier alpha value is -5.60. The minimum Gasteiger partial charge on any atom is -0.308 e. The van der Waals surface area contributed by atoms with Crippen molar-refractivity contribution in [2.24, 2.45) is 0 Å². The van der Waals surface area contributed by atoms with E-state index in [1.165, 1.54) is 11.1 Å². The van der Waals surface area contributed by atoms with Crippen molar-refractivity contribution in [2.75, 3.05) is 0 Å². The molecule has 206 valence electrons. The second-order valence-corrected chi connectivity index (χ2v) is 11.1. The van der Waals surface area contributed by atoms with Gasteiger partial charge in [-0.1, -0.05) is 83.9 Å². The van der Waals surface area contributed by atoms with E-state index in [1.807, 2.05) is 32.0 Å². The zero-order valence-corrected chi connectivity index (χ0v) is 24.6. The van der Waals surface area contributed by atoms with Crippen LogP contribution in [-0.2, 0) is 0 Å². The summed E-state index contributed by atoms with van der Waals surface area (Å²) in [5.74, 6) is 1.90. The van der Waals surface area contributed by atoms with Gasteiger partial charge in [0.2, 0.25) is 0 Å². The predicted octanol–water partition coefficient (Wildman–Crippen LogP) is 9.08. The minimum absolute atomic E-state index is 0.570. The van der Waals surface area contributed by atoms with Crippen LogP contribution in [0.1, 0.15) is 28.3 Å². The van der Waals surface area contributed by atoms with E-state index < -0.39 is 0 Å². The van der Waals surface area contributed by atoms with E-state index >= 15 is 0 Å². The van der Waals surface area contributed by atoms with E-state index in [4.69, 9.17) is 9.97 Å². The Morgan fingerprint density at radius 3 is 1.60 bits per heavy atom. The molecule has 0 N–H and O–H groups in total. The lowest BCUT2D eigenvalue weighted by molar-refractivity contribution is 0.926. The molecule has 0 fully saturated rings. The van der Waals surface area contributed by atoms with Gasteiger partial charge in [0.1, 0.15) is 11.6 Å². The summed E-state index contributed by atoms with van der Waals surface area (Å²) in [5.41, 5.74) is 11.4. The highest BCUT2D eigenvalue weighted by atomic mass is 15.0. The third-order valence-electron chi connectivity index (χ3n) is 7.94. The third kappa shape index (κ3) is 4.73. The second-order valence-electron chi connectivity index (χ2n) is 11.1. The Balaban J connectivity index is 1.60. The average Bonchev–Trinajstić information content (AvgIpc) is 3.33. The summed E-state index contributed by atoms with van der Waals surface area (Å²) in [4.78, 5) is 13.9. The van der Waals surface area contributed by atoms with Crippen LogP contribution in [0.2, 0.25) is 0 Å². The summed E-state index contributed by atoms with van der Waals surface area (Å²) >= 11 is 0. The van der Waals surface area contributed by atoms with Gasteiger partial charge in [-0.05, 0) is 80.3 Å². The highest BCUT2D eigenvalue weighted by Crippen LogP contribution is 2.39. The number of nitrogens with zero attached hydrogens (tertiary/aromatic N) is 5. The molecule has 0 spiro atoms. The van der Waals surface area contributed by atoms with Crippen LogP contribution in [0.5, 0.6) is 0 Å². The Labute approximate surface area is 250 Å². The highest BCUT2D eigenvalue weighted by Gasteiger charge is 2.20. The van der Waals surface area contributed by atoms with Gasteiger partial charge in [0.05, 0.1) is 28.4 Å². The number of hydrogen-bond acceptors (Lipinski definition) is 4. The zero-order chi connectivity index (χ0) is 29.7. The monoisotopic (exact) mass is 555 g/mol. The number of benzene rings is 5. The van der Waals surface area contributed by atoms with Crippen LogP contribution in [0.3, 0.4) is 0 Å². The normalized spacial score (nSPS) is 11.2.